The van der Waals surface area contributed by atoms with E-state index in [1.54, 1.807) is 0 Å². The Bertz CT molecular complexity index is 898. The number of phenols is 1. The summed E-state index contributed by atoms with van der Waals surface area (Å²) in [5, 5.41) is 18.7. The molecule has 0 radical (unpaired) electrons. The number of benzene rings is 2. The zero-order valence-electron chi connectivity index (χ0n) is 11.7. The van der Waals surface area contributed by atoms with Crippen molar-refractivity contribution in [2.24, 2.45) is 0 Å². The Balaban J connectivity index is 2.50. The summed E-state index contributed by atoms with van der Waals surface area (Å²) in [6.45, 7) is 1.26. The number of carbonyl (C=O) groups is 1. The molecule has 2 aromatic carbocycles. The Morgan fingerprint density at radius 1 is 1.26 bits per heavy atom. The second kappa shape index (κ2) is 6.17. The normalized spacial score (nSPS) is 11.3. The minimum atomic E-state index is -4.20. The number of rotatable bonds is 4. The number of aromatic hydroxyl groups is 1. The fourth-order valence-electron chi connectivity index (χ4n) is 1.84. The predicted molar refractivity (Wildman–Crippen MR) is 84.7 cm³/mol. The van der Waals surface area contributed by atoms with E-state index in [0.29, 0.717) is 4.47 Å². The van der Waals surface area contributed by atoms with Crippen molar-refractivity contribution in [2.75, 3.05) is 4.72 Å². The molecule has 0 heterocycles. The van der Waals surface area contributed by atoms with Gasteiger partial charge in [-0.1, -0.05) is 15.9 Å². The van der Waals surface area contributed by atoms with Gasteiger partial charge >= 0.3 is 5.97 Å². The van der Waals surface area contributed by atoms with E-state index in [1.165, 1.54) is 25.1 Å². The van der Waals surface area contributed by atoms with Crippen LogP contribution in [0.4, 0.5) is 10.1 Å². The number of aromatic carboxylic acids is 1. The van der Waals surface area contributed by atoms with Gasteiger partial charge in [0.1, 0.15) is 11.6 Å². The van der Waals surface area contributed by atoms with Crippen molar-refractivity contribution in [1.82, 2.24) is 0 Å². The van der Waals surface area contributed by atoms with Gasteiger partial charge in [0.05, 0.1) is 16.1 Å². The van der Waals surface area contributed by atoms with E-state index in [-0.39, 0.29) is 17.0 Å². The molecule has 23 heavy (non-hydrogen) atoms. The molecular formula is C14H11BrFNO5S. The Morgan fingerprint density at radius 3 is 2.48 bits per heavy atom. The average Bonchev–Trinajstić information content (AvgIpc) is 2.44. The number of phenolic OH excluding ortho intramolecular Hbond substituents is 1. The highest BCUT2D eigenvalue weighted by atomic mass is 79.9. The van der Waals surface area contributed by atoms with Crippen LogP contribution in [0.3, 0.4) is 0 Å². The lowest BCUT2D eigenvalue weighted by molar-refractivity contribution is 0.0691. The summed E-state index contributed by atoms with van der Waals surface area (Å²) in [5.74, 6) is -2.89. The van der Waals surface area contributed by atoms with E-state index in [0.717, 1.165) is 12.1 Å². The molecule has 0 aliphatic heterocycles. The van der Waals surface area contributed by atoms with Crippen molar-refractivity contribution < 1.29 is 27.8 Å². The van der Waals surface area contributed by atoms with Crippen LogP contribution in [0.2, 0.25) is 0 Å². The largest absolute Gasteiger partial charge is 0.506 e. The van der Waals surface area contributed by atoms with E-state index in [2.05, 4.69) is 20.7 Å². The van der Waals surface area contributed by atoms with Gasteiger partial charge in [-0.3, -0.25) is 4.72 Å². The highest BCUT2D eigenvalue weighted by Crippen LogP contribution is 2.29. The molecule has 0 saturated carbocycles. The number of halogens is 2. The number of anilines is 1. The molecule has 0 spiro atoms. The molecule has 122 valence electrons. The van der Waals surface area contributed by atoms with Gasteiger partial charge in [0.2, 0.25) is 0 Å². The molecule has 0 unspecified atom stereocenters. The summed E-state index contributed by atoms with van der Waals surface area (Å²) in [6.07, 6.45) is 0. The zero-order valence-corrected chi connectivity index (χ0v) is 14.1. The van der Waals surface area contributed by atoms with Crippen LogP contribution in [0.5, 0.6) is 5.75 Å². The molecule has 0 bridgehead atoms. The second-order valence-electron chi connectivity index (χ2n) is 4.67. The first-order valence-electron chi connectivity index (χ1n) is 6.16. The van der Waals surface area contributed by atoms with E-state index < -0.39 is 32.3 Å². The molecule has 9 heteroatoms. The van der Waals surface area contributed by atoms with Crippen molar-refractivity contribution in [3.63, 3.8) is 0 Å². The maximum absolute atomic E-state index is 13.7. The first-order chi connectivity index (χ1) is 10.6. The van der Waals surface area contributed by atoms with Crippen LogP contribution < -0.4 is 4.72 Å². The third-order valence-electron chi connectivity index (χ3n) is 2.97. The highest BCUT2D eigenvalue weighted by molar-refractivity contribution is 9.10. The molecule has 3 N–H and O–H groups in total. The van der Waals surface area contributed by atoms with Crippen LogP contribution in [0.1, 0.15) is 15.9 Å². The number of nitrogens with one attached hydrogen (secondary N) is 1. The Hall–Kier alpha value is -2.13. The van der Waals surface area contributed by atoms with E-state index >= 15 is 0 Å². The molecule has 0 aliphatic rings. The zero-order chi connectivity index (χ0) is 17.4. The quantitative estimate of drug-likeness (QED) is 0.680. The number of carboxylic acids is 1. The van der Waals surface area contributed by atoms with E-state index in [9.17, 15) is 22.7 Å². The molecular weight excluding hydrogens is 393 g/mol. The standard InChI is InChI=1S/C14H11BrFNO5S/c1-7-4-9(6-10(13(7)16)14(19)20)23(21,22)17-11-3-2-8(15)5-12(11)18/h2-6,17-18H,1H3,(H,19,20). The summed E-state index contributed by atoms with van der Waals surface area (Å²) in [5.41, 5.74) is -0.956. The Labute approximate surface area is 139 Å². The molecule has 0 saturated heterocycles. The number of hydrogen-bond acceptors (Lipinski definition) is 4. The van der Waals surface area contributed by atoms with Gasteiger partial charge in [-0.2, -0.15) is 0 Å². The number of hydrogen-bond donors (Lipinski definition) is 3. The Kier molecular flexibility index (Phi) is 4.62. The van der Waals surface area contributed by atoms with E-state index in [1.807, 2.05) is 0 Å². The molecule has 0 fully saturated rings. The smallest absolute Gasteiger partial charge is 0.338 e. The summed E-state index contributed by atoms with van der Waals surface area (Å²) >= 11 is 3.12. The van der Waals surface area contributed by atoms with Gasteiger partial charge in [0, 0.05) is 4.47 Å². The van der Waals surface area contributed by atoms with Crippen molar-refractivity contribution in [3.05, 3.63) is 51.7 Å². The van der Waals surface area contributed by atoms with Crippen LogP contribution in [0.15, 0.2) is 39.7 Å². The molecule has 2 aromatic rings. The molecule has 0 aromatic heterocycles. The minimum Gasteiger partial charge on any atom is -0.506 e. The lowest BCUT2D eigenvalue weighted by Crippen LogP contribution is -2.15. The maximum Gasteiger partial charge on any atom is 0.338 e. The van der Waals surface area contributed by atoms with Crippen LogP contribution in [0, 0.1) is 12.7 Å². The van der Waals surface area contributed by atoms with Crippen molar-refractivity contribution in [1.29, 1.82) is 0 Å². The number of carboxylic acid groups (broad SMARTS) is 1. The van der Waals surface area contributed by atoms with Crippen LogP contribution in [-0.4, -0.2) is 24.6 Å². The first kappa shape index (κ1) is 17.2. The summed E-state index contributed by atoms with van der Waals surface area (Å²) < 4.78 is 41.0. The van der Waals surface area contributed by atoms with Gasteiger partial charge in [-0.05, 0) is 42.8 Å². The fraction of sp³-hybridized carbons (Fsp3) is 0.0714. The summed E-state index contributed by atoms with van der Waals surface area (Å²) in [4.78, 5) is 10.6. The minimum absolute atomic E-state index is 0.0907. The monoisotopic (exact) mass is 403 g/mol. The third kappa shape index (κ3) is 3.62. The van der Waals surface area contributed by atoms with E-state index in [4.69, 9.17) is 5.11 Å². The third-order valence-corrected chi connectivity index (χ3v) is 4.81. The summed E-state index contributed by atoms with van der Waals surface area (Å²) in [6, 6.07) is 5.86. The van der Waals surface area contributed by atoms with Crippen LogP contribution in [0.25, 0.3) is 0 Å². The van der Waals surface area contributed by atoms with Crippen LogP contribution >= 0.6 is 15.9 Å². The van der Waals surface area contributed by atoms with Crippen molar-refractivity contribution in [2.45, 2.75) is 11.8 Å². The first-order valence-corrected chi connectivity index (χ1v) is 8.44. The Morgan fingerprint density at radius 2 is 1.91 bits per heavy atom. The van der Waals surface area contributed by atoms with Crippen molar-refractivity contribution in [3.8, 4) is 5.75 Å². The summed E-state index contributed by atoms with van der Waals surface area (Å²) in [7, 11) is -4.20. The van der Waals surface area contributed by atoms with Gasteiger partial charge in [-0.25, -0.2) is 17.6 Å². The lowest BCUT2D eigenvalue weighted by Gasteiger charge is -2.12. The van der Waals surface area contributed by atoms with Gasteiger partial charge in [0.15, 0.2) is 0 Å². The SMILES string of the molecule is Cc1cc(S(=O)(=O)Nc2ccc(Br)cc2O)cc(C(=O)O)c1F. The topological polar surface area (TPSA) is 104 Å². The number of sulfonamides is 1. The molecule has 0 atom stereocenters. The highest BCUT2D eigenvalue weighted by Gasteiger charge is 2.22. The number of aryl methyl sites for hydroxylation is 1. The van der Waals surface area contributed by atoms with Crippen molar-refractivity contribution >= 4 is 37.6 Å². The molecule has 0 aliphatic carbocycles. The molecule has 6 nitrogen and oxygen atoms in total. The fourth-order valence-corrected chi connectivity index (χ4v) is 3.38. The van der Waals surface area contributed by atoms with Gasteiger partial charge in [0.25, 0.3) is 10.0 Å². The second-order valence-corrected chi connectivity index (χ2v) is 7.27. The average molecular weight is 404 g/mol. The predicted octanol–water partition coefficient (Wildman–Crippen LogP) is 3.10. The van der Waals surface area contributed by atoms with Gasteiger partial charge < -0.3 is 10.2 Å². The lowest BCUT2D eigenvalue weighted by atomic mass is 10.1. The maximum atomic E-state index is 13.7. The molecule has 0 amide bonds. The molecule has 2 rings (SSSR count). The van der Waals surface area contributed by atoms with Gasteiger partial charge in [-0.15, -0.1) is 0 Å². The van der Waals surface area contributed by atoms with Crippen LogP contribution in [-0.2, 0) is 10.0 Å².